The van der Waals surface area contributed by atoms with Gasteiger partial charge in [-0.15, -0.1) is 0 Å². The fraction of sp³-hybridized carbons (Fsp3) is 0.571. The minimum absolute atomic E-state index is 0.136. The highest BCUT2D eigenvalue weighted by atomic mass is 32.2. The van der Waals surface area contributed by atoms with Gasteiger partial charge in [0.15, 0.2) is 0 Å². The van der Waals surface area contributed by atoms with Crippen molar-refractivity contribution in [2.75, 3.05) is 12.8 Å². The summed E-state index contributed by atoms with van der Waals surface area (Å²) in [6.45, 7) is 2.00. The number of anilines is 1. The maximum absolute atomic E-state index is 12.5. The lowest BCUT2D eigenvalue weighted by Crippen LogP contribution is -2.35. The highest BCUT2D eigenvalue weighted by Gasteiger charge is 2.30. The first-order valence-electron chi connectivity index (χ1n) is 6.83. The summed E-state index contributed by atoms with van der Waals surface area (Å²) in [6.07, 6.45) is 4.95. The van der Waals surface area contributed by atoms with Gasteiger partial charge in [0.1, 0.15) is 0 Å². The molecule has 1 aliphatic rings. The van der Waals surface area contributed by atoms with Gasteiger partial charge in [0.25, 0.3) is 0 Å². The highest BCUT2D eigenvalue weighted by Crippen LogP contribution is 2.28. The minimum atomic E-state index is -3.42. The number of nitrogens with zero attached hydrogens (tertiary/aromatic N) is 1. The van der Waals surface area contributed by atoms with Gasteiger partial charge in [-0.25, -0.2) is 8.42 Å². The van der Waals surface area contributed by atoms with Gasteiger partial charge in [-0.1, -0.05) is 25.8 Å². The lowest BCUT2D eigenvalue weighted by molar-refractivity contribution is 0.373. The van der Waals surface area contributed by atoms with Gasteiger partial charge in [0, 0.05) is 18.8 Å². The molecule has 0 saturated heterocycles. The Balaban J connectivity index is 2.30. The van der Waals surface area contributed by atoms with Crippen LogP contribution in [-0.4, -0.2) is 25.8 Å². The van der Waals surface area contributed by atoms with Crippen molar-refractivity contribution in [3.63, 3.8) is 0 Å². The maximum Gasteiger partial charge on any atom is 0.243 e. The Morgan fingerprint density at radius 3 is 2.47 bits per heavy atom. The predicted octanol–water partition coefficient (Wildman–Crippen LogP) is 2.39. The second-order valence-corrected chi connectivity index (χ2v) is 7.17. The van der Waals surface area contributed by atoms with Crippen LogP contribution in [0.4, 0.5) is 5.69 Å². The topological polar surface area (TPSA) is 63.4 Å². The molecule has 0 heterocycles. The van der Waals surface area contributed by atoms with Crippen LogP contribution in [0.1, 0.15) is 38.2 Å². The van der Waals surface area contributed by atoms with Crippen LogP contribution in [0.2, 0.25) is 0 Å². The van der Waals surface area contributed by atoms with E-state index >= 15 is 0 Å². The molecule has 1 saturated carbocycles. The van der Waals surface area contributed by atoms with E-state index in [4.69, 9.17) is 5.73 Å². The number of sulfonamides is 1. The van der Waals surface area contributed by atoms with Crippen LogP contribution in [0.25, 0.3) is 0 Å². The quantitative estimate of drug-likeness (QED) is 0.862. The summed E-state index contributed by atoms with van der Waals surface area (Å²) in [5.74, 6) is 0. The zero-order valence-electron chi connectivity index (χ0n) is 11.6. The molecule has 1 aliphatic carbocycles. The summed E-state index contributed by atoms with van der Waals surface area (Å²) in [7, 11) is -1.74. The monoisotopic (exact) mass is 282 g/mol. The fourth-order valence-corrected chi connectivity index (χ4v) is 4.14. The minimum Gasteiger partial charge on any atom is -0.398 e. The van der Waals surface area contributed by atoms with Crippen molar-refractivity contribution in [1.29, 1.82) is 0 Å². The van der Waals surface area contributed by atoms with E-state index in [1.807, 2.05) is 13.0 Å². The second-order valence-electron chi connectivity index (χ2n) is 5.17. The van der Waals surface area contributed by atoms with Crippen LogP contribution < -0.4 is 5.73 Å². The van der Waals surface area contributed by atoms with Crippen LogP contribution >= 0.6 is 0 Å². The molecule has 0 spiro atoms. The van der Waals surface area contributed by atoms with E-state index in [0.717, 1.165) is 37.7 Å². The van der Waals surface area contributed by atoms with Crippen LogP contribution in [0.5, 0.6) is 0 Å². The summed E-state index contributed by atoms with van der Waals surface area (Å²) in [4.78, 5) is 0.302. The van der Waals surface area contributed by atoms with Crippen LogP contribution in [0, 0.1) is 0 Å². The molecular formula is C14H22N2O2S. The zero-order chi connectivity index (χ0) is 14.0. The molecule has 19 heavy (non-hydrogen) atoms. The normalized spacial score (nSPS) is 17.2. The SMILES string of the molecule is CCc1ccc(S(=O)(=O)N(C)C2CCCC2)cc1N. The zero-order valence-corrected chi connectivity index (χ0v) is 12.4. The number of nitrogen functional groups attached to an aromatic ring is 1. The van der Waals surface area contributed by atoms with Gasteiger partial charge in [-0.3, -0.25) is 0 Å². The van der Waals surface area contributed by atoms with E-state index in [9.17, 15) is 8.42 Å². The van der Waals surface area contributed by atoms with Crippen molar-refractivity contribution in [2.24, 2.45) is 0 Å². The largest absolute Gasteiger partial charge is 0.398 e. The van der Waals surface area contributed by atoms with E-state index < -0.39 is 10.0 Å². The lowest BCUT2D eigenvalue weighted by Gasteiger charge is -2.24. The van der Waals surface area contributed by atoms with Gasteiger partial charge < -0.3 is 5.73 Å². The number of hydrogen-bond donors (Lipinski definition) is 1. The van der Waals surface area contributed by atoms with Crippen molar-refractivity contribution in [1.82, 2.24) is 4.31 Å². The number of nitrogens with two attached hydrogens (primary N) is 1. The van der Waals surface area contributed by atoms with Crippen LogP contribution in [-0.2, 0) is 16.4 Å². The van der Waals surface area contributed by atoms with Crippen molar-refractivity contribution in [3.05, 3.63) is 23.8 Å². The summed E-state index contributed by atoms with van der Waals surface area (Å²) < 4.78 is 26.6. The lowest BCUT2D eigenvalue weighted by atomic mass is 10.1. The Bertz CT molecular complexity index is 549. The maximum atomic E-state index is 12.5. The third-order valence-electron chi connectivity index (χ3n) is 4.01. The van der Waals surface area contributed by atoms with Gasteiger partial charge in [0.05, 0.1) is 4.90 Å². The molecule has 1 fully saturated rings. The molecule has 0 amide bonds. The smallest absolute Gasteiger partial charge is 0.243 e. The molecule has 0 aliphatic heterocycles. The number of aryl methyl sites for hydroxylation is 1. The molecule has 5 heteroatoms. The van der Waals surface area contributed by atoms with Gasteiger partial charge in [-0.2, -0.15) is 4.31 Å². The Labute approximate surface area is 115 Å². The van der Waals surface area contributed by atoms with E-state index in [1.165, 1.54) is 4.31 Å². The molecule has 2 N–H and O–H groups in total. The first-order valence-corrected chi connectivity index (χ1v) is 8.27. The van der Waals surface area contributed by atoms with E-state index in [-0.39, 0.29) is 6.04 Å². The number of rotatable bonds is 4. The van der Waals surface area contributed by atoms with Crippen LogP contribution in [0.3, 0.4) is 0 Å². The Morgan fingerprint density at radius 1 is 1.32 bits per heavy atom. The Morgan fingerprint density at radius 2 is 1.95 bits per heavy atom. The van der Waals surface area contributed by atoms with Gasteiger partial charge in [0.2, 0.25) is 10.0 Å². The summed E-state index contributed by atoms with van der Waals surface area (Å²) in [6, 6.07) is 5.19. The molecule has 2 rings (SSSR count). The first kappa shape index (κ1) is 14.3. The molecule has 0 unspecified atom stereocenters. The number of hydrogen-bond acceptors (Lipinski definition) is 3. The molecule has 0 atom stereocenters. The van der Waals surface area contributed by atoms with Crippen molar-refractivity contribution in [2.45, 2.75) is 50.0 Å². The second kappa shape index (κ2) is 5.51. The molecule has 0 aromatic heterocycles. The highest BCUT2D eigenvalue weighted by molar-refractivity contribution is 7.89. The third kappa shape index (κ3) is 2.77. The summed E-state index contributed by atoms with van der Waals surface area (Å²) in [5.41, 5.74) is 7.45. The van der Waals surface area contributed by atoms with E-state index in [2.05, 4.69) is 0 Å². The standard InChI is InChI=1S/C14H22N2O2S/c1-3-11-8-9-13(10-14(11)15)19(17,18)16(2)12-6-4-5-7-12/h8-10,12H,3-7,15H2,1-2H3. The predicted molar refractivity (Wildman–Crippen MR) is 77.4 cm³/mol. The van der Waals surface area contributed by atoms with E-state index in [0.29, 0.717) is 10.6 Å². The van der Waals surface area contributed by atoms with Gasteiger partial charge in [-0.05, 0) is 37.0 Å². The summed E-state index contributed by atoms with van der Waals surface area (Å²) in [5, 5.41) is 0. The average Bonchev–Trinajstić information content (AvgIpc) is 2.91. The molecule has 1 aromatic carbocycles. The molecule has 4 nitrogen and oxygen atoms in total. The Hall–Kier alpha value is -1.07. The van der Waals surface area contributed by atoms with Gasteiger partial charge >= 0.3 is 0 Å². The van der Waals surface area contributed by atoms with Crippen molar-refractivity contribution in [3.8, 4) is 0 Å². The average molecular weight is 282 g/mol. The van der Waals surface area contributed by atoms with Crippen molar-refractivity contribution < 1.29 is 8.42 Å². The van der Waals surface area contributed by atoms with Crippen LogP contribution in [0.15, 0.2) is 23.1 Å². The Kier molecular flexibility index (Phi) is 4.16. The molecule has 0 bridgehead atoms. The van der Waals surface area contributed by atoms with E-state index in [1.54, 1.807) is 19.2 Å². The fourth-order valence-electron chi connectivity index (χ4n) is 2.69. The molecule has 1 aromatic rings. The first-order chi connectivity index (χ1) is 8.96. The number of benzene rings is 1. The van der Waals surface area contributed by atoms with Crippen molar-refractivity contribution >= 4 is 15.7 Å². The summed E-state index contributed by atoms with van der Waals surface area (Å²) >= 11 is 0. The molecular weight excluding hydrogens is 260 g/mol. The third-order valence-corrected chi connectivity index (χ3v) is 5.92. The molecule has 106 valence electrons. The molecule has 0 radical (unpaired) electrons.